The van der Waals surface area contributed by atoms with Crippen LogP contribution in [-0.2, 0) is 17.6 Å². The zero-order valence-electron chi connectivity index (χ0n) is 19.3. The molecule has 0 bridgehead atoms. The normalized spacial score (nSPS) is 19.1. The van der Waals surface area contributed by atoms with E-state index in [1.54, 1.807) is 6.20 Å². The number of H-pyrrole nitrogens is 1. The van der Waals surface area contributed by atoms with E-state index in [2.05, 4.69) is 50.3 Å². The van der Waals surface area contributed by atoms with Gasteiger partial charge in [-0.1, -0.05) is 19.9 Å². The third-order valence-electron chi connectivity index (χ3n) is 6.76. The zero-order chi connectivity index (χ0) is 22.8. The Hall–Kier alpha value is -2.84. The molecule has 7 nitrogen and oxygen atoms in total. The molecule has 1 aliphatic heterocycles. The van der Waals surface area contributed by atoms with Crippen LogP contribution in [0.5, 0.6) is 0 Å². The Labute approximate surface area is 193 Å². The third-order valence-corrected chi connectivity index (χ3v) is 6.76. The summed E-state index contributed by atoms with van der Waals surface area (Å²) in [7, 11) is 0. The van der Waals surface area contributed by atoms with Crippen LogP contribution in [0, 0.1) is 11.4 Å². The standard InChI is InChI=1S/C25H31FN6O/c1-25(2)6-5-19-20(14-25)30-31-24(19)18-12-22(26)29-23(13-18)28-16-21(17-4-3-7-27-15-17)32-8-10-33-11-9-32/h3-4,7,12-13,15,21H,5-6,8-11,14,16H2,1-2H3,(H,28,29)(H,30,31). The van der Waals surface area contributed by atoms with Gasteiger partial charge in [-0.05, 0) is 42.4 Å². The first-order valence-corrected chi connectivity index (χ1v) is 11.7. The highest BCUT2D eigenvalue weighted by Crippen LogP contribution is 2.38. The fourth-order valence-corrected chi connectivity index (χ4v) is 4.93. The molecule has 8 heteroatoms. The molecule has 1 unspecified atom stereocenters. The van der Waals surface area contributed by atoms with E-state index in [9.17, 15) is 4.39 Å². The van der Waals surface area contributed by atoms with E-state index in [0.717, 1.165) is 54.9 Å². The number of nitrogens with zero attached hydrogens (tertiary/aromatic N) is 4. The summed E-state index contributed by atoms with van der Waals surface area (Å²) >= 11 is 0. The molecule has 0 radical (unpaired) electrons. The number of ether oxygens (including phenoxy) is 1. The number of hydrogen-bond acceptors (Lipinski definition) is 6. The first-order valence-electron chi connectivity index (χ1n) is 11.7. The number of aromatic nitrogens is 4. The van der Waals surface area contributed by atoms with Gasteiger partial charge in [-0.3, -0.25) is 15.0 Å². The average Bonchev–Trinajstić information content (AvgIpc) is 3.22. The van der Waals surface area contributed by atoms with E-state index in [4.69, 9.17) is 4.74 Å². The lowest BCUT2D eigenvalue weighted by Gasteiger charge is -2.34. The Morgan fingerprint density at radius 1 is 1.27 bits per heavy atom. The number of pyridine rings is 2. The van der Waals surface area contributed by atoms with Gasteiger partial charge in [-0.2, -0.15) is 9.49 Å². The first-order chi connectivity index (χ1) is 16.0. The summed E-state index contributed by atoms with van der Waals surface area (Å²) in [5.74, 6) is 0.00669. The Morgan fingerprint density at radius 2 is 2.12 bits per heavy atom. The monoisotopic (exact) mass is 450 g/mol. The van der Waals surface area contributed by atoms with Crippen molar-refractivity contribution >= 4 is 5.82 Å². The molecular weight excluding hydrogens is 419 g/mol. The smallest absolute Gasteiger partial charge is 0.215 e. The molecule has 4 heterocycles. The topological polar surface area (TPSA) is 79.0 Å². The Kier molecular flexibility index (Phi) is 6.12. The van der Waals surface area contributed by atoms with Crippen molar-refractivity contribution in [2.45, 2.75) is 39.2 Å². The van der Waals surface area contributed by atoms with Crippen LogP contribution < -0.4 is 5.32 Å². The minimum Gasteiger partial charge on any atom is -0.379 e. The predicted octanol–water partition coefficient (Wildman–Crippen LogP) is 4.01. The maximum Gasteiger partial charge on any atom is 0.215 e. The van der Waals surface area contributed by atoms with Crippen LogP contribution in [0.25, 0.3) is 11.3 Å². The van der Waals surface area contributed by atoms with E-state index in [1.165, 1.54) is 11.6 Å². The van der Waals surface area contributed by atoms with Crippen LogP contribution in [-0.4, -0.2) is 57.9 Å². The molecule has 5 rings (SSSR count). The van der Waals surface area contributed by atoms with Crippen molar-refractivity contribution in [3.05, 3.63) is 59.4 Å². The van der Waals surface area contributed by atoms with Gasteiger partial charge in [0.05, 0.1) is 24.9 Å². The van der Waals surface area contributed by atoms with Crippen molar-refractivity contribution in [2.24, 2.45) is 5.41 Å². The number of fused-ring (bicyclic) bond motifs is 1. The molecule has 0 saturated carbocycles. The predicted molar refractivity (Wildman–Crippen MR) is 125 cm³/mol. The highest BCUT2D eigenvalue weighted by molar-refractivity contribution is 5.67. The van der Waals surface area contributed by atoms with Gasteiger partial charge in [0, 0.05) is 54.9 Å². The molecule has 1 saturated heterocycles. The molecule has 1 atom stereocenters. The number of anilines is 1. The van der Waals surface area contributed by atoms with Gasteiger partial charge in [-0.25, -0.2) is 4.98 Å². The molecule has 2 aliphatic rings. The molecular formula is C25H31FN6O. The number of hydrogen-bond donors (Lipinski definition) is 2. The van der Waals surface area contributed by atoms with Crippen LogP contribution in [0.2, 0.25) is 0 Å². The minimum atomic E-state index is -0.507. The molecule has 1 aliphatic carbocycles. The number of rotatable bonds is 6. The SMILES string of the molecule is CC1(C)CCc2c(-c3cc(F)nc(NCC(c4cccnc4)N4CCOCC4)c3)n[nH]c2C1. The van der Waals surface area contributed by atoms with Crippen molar-refractivity contribution in [1.29, 1.82) is 0 Å². The number of nitrogens with one attached hydrogen (secondary N) is 2. The summed E-state index contributed by atoms with van der Waals surface area (Å²) in [5, 5.41) is 11.1. The van der Waals surface area contributed by atoms with Crippen molar-refractivity contribution in [2.75, 3.05) is 38.2 Å². The van der Waals surface area contributed by atoms with Gasteiger partial charge in [0.15, 0.2) is 0 Å². The second-order valence-corrected chi connectivity index (χ2v) is 9.77. The molecule has 2 N–H and O–H groups in total. The first kappa shape index (κ1) is 22.0. The highest BCUT2D eigenvalue weighted by Gasteiger charge is 2.29. The number of morpholine rings is 1. The van der Waals surface area contributed by atoms with E-state index in [-0.39, 0.29) is 11.5 Å². The lowest BCUT2D eigenvalue weighted by molar-refractivity contribution is 0.0186. The number of aromatic amines is 1. The third kappa shape index (κ3) is 4.91. The lowest BCUT2D eigenvalue weighted by atomic mass is 9.76. The summed E-state index contributed by atoms with van der Waals surface area (Å²) in [6, 6.07) is 7.50. The summed E-state index contributed by atoms with van der Waals surface area (Å²) in [6.07, 6.45) is 6.67. The second-order valence-electron chi connectivity index (χ2n) is 9.77. The molecule has 0 amide bonds. The van der Waals surface area contributed by atoms with Gasteiger partial charge in [0.1, 0.15) is 5.82 Å². The molecule has 3 aromatic rings. The lowest BCUT2D eigenvalue weighted by Crippen LogP contribution is -2.41. The minimum absolute atomic E-state index is 0.0940. The van der Waals surface area contributed by atoms with Crippen molar-refractivity contribution in [1.82, 2.24) is 25.1 Å². The molecule has 1 fully saturated rings. The Bertz CT molecular complexity index is 1090. The fraction of sp³-hybridized carbons (Fsp3) is 0.480. The van der Waals surface area contributed by atoms with Crippen LogP contribution in [0.15, 0.2) is 36.7 Å². The summed E-state index contributed by atoms with van der Waals surface area (Å²) in [6.45, 7) is 8.25. The number of halogens is 1. The largest absolute Gasteiger partial charge is 0.379 e. The van der Waals surface area contributed by atoms with Crippen LogP contribution in [0.3, 0.4) is 0 Å². The summed E-state index contributed by atoms with van der Waals surface area (Å²) < 4.78 is 20.1. The molecule has 0 spiro atoms. The molecule has 3 aromatic heterocycles. The van der Waals surface area contributed by atoms with Gasteiger partial charge in [-0.15, -0.1) is 0 Å². The van der Waals surface area contributed by atoms with Crippen LogP contribution in [0.1, 0.15) is 43.1 Å². The van der Waals surface area contributed by atoms with E-state index < -0.39 is 5.95 Å². The van der Waals surface area contributed by atoms with E-state index >= 15 is 0 Å². The Balaban J connectivity index is 1.38. The van der Waals surface area contributed by atoms with Gasteiger partial charge >= 0.3 is 0 Å². The van der Waals surface area contributed by atoms with Crippen LogP contribution in [0.4, 0.5) is 10.2 Å². The van der Waals surface area contributed by atoms with Crippen molar-refractivity contribution in [3.63, 3.8) is 0 Å². The van der Waals surface area contributed by atoms with Crippen molar-refractivity contribution in [3.8, 4) is 11.3 Å². The van der Waals surface area contributed by atoms with Gasteiger partial charge in [0.2, 0.25) is 5.95 Å². The fourth-order valence-electron chi connectivity index (χ4n) is 4.93. The van der Waals surface area contributed by atoms with Gasteiger partial charge in [0.25, 0.3) is 0 Å². The highest BCUT2D eigenvalue weighted by atomic mass is 19.1. The van der Waals surface area contributed by atoms with Crippen LogP contribution >= 0.6 is 0 Å². The second kappa shape index (κ2) is 9.19. The Morgan fingerprint density at radius 3 is 2.91 bits per heavy atom. The zero-order valence-corrected chi connectivity index (χ0v) is 19.3. The molecule has 33 heavy (non-hydrogen) atoms. The van der Waals surface area contributed by atoms with Gasteiger partial charge < -0.3 is 10.1 Å². The van der Waals surface area contributed by atoms with E-state index in [0.29, 0.717) is 25.6 Å². The molecule has 174 valence electrons. The maximum absolute atomic E-state index is 14.6. The quantitative estimate of drug-likeness (QED) is 0.553. The molecule has 0 aromatic carbocycles. The van der Waals surface area contributed by atoms with Crippen molar-refractivity contribution < 1.29 is 9.13 Å². The summed E-state index contributed by atoms with van der Waals surface area (Å²) in [5.41, 5.74) is 5.33. The average molecular weight is 451 g/mol. The maximum atomic E-state index is 14.6. The summed E-state index contributed by atoms with van der Waals surface area (Å²) in [4.78, 5) is 10.8. The van der Waals surface area contributed by atoms with E-state index in [1.807, 2.05) is 18.3 Å².